The van der Waals surface area contributed by atoms with Crippen molar-refractivity contribution in [2.45, 2.75) is 18.7 Å². The molecule has 2 aromatic carbocycles. The number of benzene rings is 2. The predicted molar refractivity (Wildman–Crippen MR) is 109 cm³/mol. The normalized spacial score (nSPS) is 11.8. The van der Waals surface area contributed by atoms with Gasteiger partial charge in [0.15, 0.2) is 0 Å². The van der Waals surface area contributed by atoms with Gasteiger partial charge < -0.3 is 4.74 Å². The Hall–Kier alpha value is -2.64. The molecule has 3 rings (SSSR count). The lowest BCUT2D eigenvalue weighted by atomic mass is 10.2. The van der Waals surface area contributed by atoms with Gasteiger partial charge in [-0.15, -0.1) is 11.3 Å². The van der Waals surface area contributed by atoms with Crippen LogP contribution in [0.3, 0.4) is 0 Å². The number of thiophene rings is 1. The number of hydrogen-bond donors (Lipinski definition) is 1. The van der Waals surface area contributed by atoms with Crippen LogP contribution in [0.5, 0.6) is 0 Å². The van der Waals surface area contributed by atoms with Gasteiger partial charge in [0, 0.05) is 21.3 Å². The number of carbonyl (C=O) groups is 1. The Bertz CT molecular complexity index is 1100. The summed E-state index contributed by atoms with van der Waals surface area (Å²) in [7, 11) is -3.64. The smallest absolute Gasteiger partial charge is 0.330 e. The molecule has 140 valence electrons. The minimum atomic E-state index is -3.64. The van der Waals surface area contributed by atoms with E-state index in [2.05, 4.69) is 4.72 Å². The molecule has 0 fully saturated rings. The molecule has 0 bridgehead atoms. The number of fused-ring (bicyclic) bond motifs is 1. The number of rotatable bonds is 6. The summed E-state index contributed by atoms with van der Waals surface area (Å²) in [6, 6.07) is 14.0. The summed E-state index contributed by atoms with van der Waals surface area (Å²) in [6.45, 7) is 3.99. The van der Waals surface area contributed by atoms with Gasteiger partial charge in [-0.1, -0.05) is 17.7 Å². The van der Waals surface area contributed by atoms with Gasteiger partial charge in [0.1, 0.15) is 0 Å². The molecule has 0 aliphatic heterocycles. The molecule has 27 heavy (non-hydrogen) atoms. The van der Waals surface area contributed by atoms with E-state index in [1.807, 2.05) is 19.1 Å². The molecule has 0 unspecified atom stereocenters. The molecule has 1 aromatic heterocycles. The van der Waals surface area contributed by atoms with E-state index in [0.29, 0.717) is 12.3 Å². The third-order valence-corrected chi connectivity index (χ3v) is 6.27. The maximum atomic E-state index is 12.5. The number of hydrogen-bond acceptors (Lipinski definition) is 5. The fraction of sp³-hybridized carbons (Fsp3) is 0.150. The highest BCUT2D eigenvalue weighted by molar-refractivity contribution is 7.92. The number of anilines is 1. The maximum absolute atomic E-state index is 12.5. The Labute approximate surface area is 162 Å². The largest absolute Gasteiger partial charge is 0.463 e. The second kappa shape index (κ2) is 7.94. The van der Waals surface area contributed by atoms with Gasteiger partial charge in [-0.25, -0.2) is 13.2 Å². The lowest BCUT2D eigenvalue weighted by Crippen LogP contribution is -2.12. The quantitative estimate of drug-likeness (QED) is 0.484. The van der Waals surface area contributed by atoms with Crippen molar-refractivity contribution in [1.29, 1.82) is 0 Å². The van der Waals surface area contributed by atoms with Gasteiger partial charge in [-0.2, -0.15) is 0 Å². The first-order chi connectivity index (χ1) is 12.9. The van der Waals surface area contributed by atoms with E-state index >= 15 is 0 Å². The van der Waals surface area contributed by atoms with E-state index in [1.165, 1.54) is 17.4 Å². The number of nitrogens with one attached hydrogen (secondary N) is 1. The van der Waals surface area contributed by atoms with Crippen LogP contribution in [-0.2, 0) is 19.6 Å². The summed E-state index contributed by atoms with van der Waals surface area (Å²) in [6.07, 6.45) is 3.08. The molecule has 0 saturated carbocycles. The molecule has 0 spiro atoms. The lowest BCUT2D eigenvalue weighted by molar-refractivity contribution is -0.137. The zero-order valence-electron chi connectivity index (χ0n) is 14.9. The van der Waals surface area contributed by atoms with Crippen molar-refractivity contribution in [3.8, 4) is 0 Å². The zero-order valence-corrected chi connectivity index (χ0v) is 16.6. The highest BCUT2D eigenvalue weighted by Gasteiger charge is 2.14. The predicted octanol–water partition coefficient (Wildman–Crippen LogP) is 4.59. The molecule has 0 aliphatic rings. The Morgan fingerprint density at radius 1 is 1.15 bits per heavy atom. The number of esters is 1. The molecule has 3 aromatic rings. The minimum Gasteiger partial charge on any atom is -0.463 e. The molecule has 1 N–H and O–H groups in total. The van der Waals surface area contributed by atoms with Crippen LogP contribution in [0.4, 0.5) is 5.69 Å². The first-order valence-electron chi connectivity index (χ1n) is 8.35. The molecule has 0 saturated heterocycles. The van der Waals surface area contributed by atoms with Gasteiger partial charge in [-0.3, -0.25) is 4.72 Å². The van der Waals surface area contributed by atoms with Crippen molar-refractivity contribution in [2.75, 3.05) is 11.3 Å². The van der Waals surface area contributed by atoms with Crippen molar-refractivity contribution < 1.29 is 17.9 Å². The number of ether oxygens (including phenoxy) is 1. The average molecular weight is 402 g/mol. The van der Waals surface area contributed by atoms with Gasteiger partial charge >= 0.3 is 5.97 Å². The van der Waals surface area contributed by atoms with E-state index in [4.69, 9.17) is 4.74 Å². The fourth-order valence-corrected chi connectivity index (χ4v) is 4.48. The maximum Gasteiger partial charge on any atom is 0.330 e. The number of sulfonamides is 1. The van der Waals surface area contributed by atoms with Crippen LogP contribution in [0.2, 0.25) is 0 Å². The number of carbonyl (C=O) groups excluding carboxylic acids is 1. The third-order valence-electron chi connectivity index (χ3n) is 3.79. The highest BCUT2D eigenvalue weighted by Crippen LogP contribution is 2.29. The van der Waals surface area contributed by atoms with Gasteiger partial charge in [0.2, 0.25) is 0 Å². The summed E-state index contributed by atoms with van der Waals surface area (Å²) in [5.41, 5.74) is 1.49. The van der Waals surface area contributed by atoms with Crippen LogP contribution in [0.15, 0.2) is 59.5 Å². The third kappa shape index (κ3) is 4.75. The van der Waals surface area contributed by atoms with Gasteiger partial charge in [0.25, 0.3) is 10.0 Å². The monoisotopic (exact) mass is 401 g/mol. The highest BCUT2D eigenvalue weighted by atomic mass is 32.2. The topological polar surface area (TPSA) is 72.5 Å². The van der Waals surface area contributed by atoms with Crippen molar-refractivity contribution >= 4 is 49.2 Å². The van der Waals surface area contributed by atoms with Crippen LogP contribution < -0.4 is 4.72 Å². The molecule has 0 amide bonds. The van der Waals surface area contributed by atoms with Crippen LogP contribution in [0, 0.1) is 6.92 Å². The minimum absolute atomic E-state index is 0.219. The summed E-state index contributed by atoms with van der Waals surface area (Å²) < 4.78 is 33.5. The SMILES string of the molecule is CCOC(=O)/C=C/c1cc2cc(NS(=O)(=O)c3ccc(C)cc3)ccc2s1. The van der Waals surface area contributed by atoms with Gasteiger partial charge in [0.05, 0.1) is 11.5 Å². The standard InChI is InChI=1S/C20H19NO4S2/c1-3-25-20(22)11-7-17-13-15-12-16(6-10-19(15)26-17)21-27(23,24)18-8-4-14(2)5-9-18/h4-13,21H,3H2,1-2H3/b11-7+. The second-order valence-corrected chi connectivity index (χ2v) is 8.70. The summed E-state index contributed by atoms with van der Waals surface area (Å²) in [5, 5.41) is 0.896. The van der Waals surface area contributed by atoms with E-state index in [1.54, 1.807) is 49.4 Å². The van der Waals surface area contributed by atoms with Crippen molar-refractivity contribution in [3.63, 3.8) is 0 Å². The lowest BCUT2D eigenvalue weighted by Gasteiger charge is -2.08. The second-order valence-electron chi connectivity index (χ2n) is 5.91. The Kier molecular flexibility index (Phi) is 5.62. The van der Waals surface area contributed by atoms with E-state index in [9.17, 15) is 13.2 Å². The van der Waals surface area contributed by atoms with Crippen LogP contribution in [0.1, 0.15) is 17.4 Å². The molecule has 0 aliphatic carbocycles. The molecule has 1 heterocycles. The Morgan fingerprint density at radius 3 is 2.59 bits per heavy atom. The Morgan fingerprint density at radius 2 is 1.89 bits per heavy atom. The molecule has 7 heteroatoms. The van der Waals surface area contributed by atoms with E-state index < -0.39 is 10.0 Å². The molecule has 0 radical (unpaired) electrons. The first-order valence-corrected chi connectivity index (χ1v) is 10.7. The number of aryl methyl sites for hydroxylation is 1. The molecular formula is C20H19NO4S2. The molecule has 0 atom stereocenters. The summed E-state index contributed by atoms with van der Waals surface area (Å²) in [4.78, 5) is 12.5. The van der Waals surface area contributed by atoms with E-state index in [0.717, 1.165) is 20.5 Å². The van der Waals surface area contributed by atoms with Crippen LogP contribution >= 0.6 is 11.3 Å². The average Bonchev–Trinajstić information content (AvgIpc) is 3.02. The summed E-state index contributed by atoms with van der Waals surface area (Å²) >= 11 is 1.51. The summed E-state index contributed by atoms with van der Waals surface area (Å²) in [5.74, 6) is -0.387. The fourth-order valence-electron chi connectivity index (χ4n) is 2.48. The van der Waals surface area contributed by atoms with Crippen molar-refractivity contribution in [2.24, 2.45) is 0 Å². The molecular weight excluding hydrogens is 382 g/mol. The van der Waals surface area contributed by atoms with Crippen molar-refractivity contribution in [3.05, 3.63) is 65.0 Å². The first kappa shape index (κ1) is 19.1. The molecule has 5 nitrogen and oxygen atoms in total. The van der Waals surface area contributed by atoms with Crippen LogP contribution in [0.25, 0.3) is 16.2 Å². The van der Waals surface area contributed by atoms with E-state index in [-0.39, 0.29) is 10.9 Å². The van der Waals surface area contributed by atoms with Crippen molar-refractivity contribution in [1.82, 2.24) is 0 Å². The zero-order chi connectivity index (χ0) is 19.4. The van der Waals surface area contributed by atoms with Gasteiger partial charge in [-0.05, 0) is 61.7 Å². The van der Waals surface area contributed by atoms with Crippen LogP contribution in [-0.4, -0.2) is 21.0 Å². The Balaban J connectivity index is 1.82.